The van der Waals surface area contributed by atoms with Gasteiger partial charge in [-0.25, -0.2) is 4.99 Å². The molecule has 1 saturated heterocycles. The number of carbonyl (C=O) groups excluding carboxylic acids is 2. The van der Waals surface area contributed by atoms with Crippen LogP contribution in [0.1, 0.15) is 6.42 Å². The Balaban J connectivity index is 1.67. The van der Waals surface area contributed by atoms with Gasteiger partial charge < -0.3 is 5.32 Å². The molecule has 1 heterocycles. The predicted octanol–water partition coefficient (Wildman–Crippen LogP) is 4.58. The van der Waals surface area contributed by atoms with Crippen molar-refractivity contribution >= 4 is 63.3 Å². The lowest BCUT2D eigenvalue weighted by atomic mass is 10.2. The maximum Gasteiger partial charge on any atom is 0.242 e. The number of nitrogens with one attached hydrogen (secondary N) is 1. The summed E-state index contributed by atoms with van der Waals surface area (Å²) in [5, 5.41) is 3.88. The molecule has 0 radical (unpaired) electrons. The summed E-state index contributed by atoms with van der Waals surface area (Å²) >= 11 is 13.1. The van der Waals surface area contributed by atoms with Gasteiger partial charge in [0.15, 0.2) is 5.17 Å². The van der Waals surface area contributed by atoms with Crippen LogP contribution in [0.25, 0.3) is 0 Å². The molecule has 0 aliphatic carbocycles. The Labute approximate surface area is 165 Å². The number of hydrogen-bond acceptors (Lipinski definition) is 4. The van der Waals surface area contributed by atoms with Gasteiger partial charge in [-0.1, -0.05) is 47.1 Å². The van der Waals surface area contributed by atoms with E-state index < -0.39 is 5.25 Å². The van der Waals surface area contributed by atoms with Crippen LogP contribution in [0.15, 0.2) is 53.5 Å². The summed E-state index contributed by atoms with van der Waals surface area (Å²) in [5.74, 6) is -0.410. The van der Waals surface area contributed by atoms with E-state index >= 15 is 0 Å². The number of anilines is 1. The highest BCUT2D eigenvalue weighted by Gasteiger charge is 2.37. The largest absolute Gasteiger partial charge is 0.326 e. The number of thioether (sulfide) groups is 1. The maximum atomic E-state index is 12.4. The first kappa shape index (κ1) is 18.8. The first-order valence-electron chi connectivity index (χ1n) is 7.76. The third-order valence-electron chi connectivity index (χ3n) is 3.65. The molecule has 0 bridgehead atoms. The van der Waals surface area contributed by atoms with Gasteiger partial charge in [-0.15, -0.1) is 0 Å². The molecule has 1 fully saturated rings. The van der Waals surface area contributed by atoms with Gasteiger partial charge >= 0.3 is 0 Å². The Bertz CT molecular complexity index is 888. The zero-order valence-corrected chi connectivity index (χ0v) is 16.1. The molecule has 0 saturated carbocycles. The van der Waals surface area contributed by atoms with Crippen LogP contribution >= 0.6 is 35.0 Å². The highest BCUT2D eigenvalue weighted by molar-refractivity contribution is 8.15. The number of benzene rings is 2. The molecule has 1 atom stereocenters. The number of hydrogen-bond donors (Lipinski definition) is 1. The summed E-state index contributed by atoms with van der Waals surface area (Å²) in [7, 11) is 1.65. The molecule has 2 aromatic carbocycles. The number of rotatable bonds is 4. The van der Waals surface area contributed by atoms with Crippen LogP contribution in [0.4, 0.5) is 11.4 Å². The van der Waals surface area contributed by atoms with Crippen molar-refractivity contribution in [3.05, 3.63) is 58.6 Å². The smallest absolute Gasteiger partial charge is 0.242 e. The van der Waals surface area contributed by atoms with Gasteiger partial charge in [-0.3, -0.25) is 14.5 Å². The second-order valence-corrected chi connectivity index (χ2v) is 7.68. The van der Waals surface area contributed by atoms with E-state index in [0.29, 0.717) is 26.6 Å². The van der Waals surface area contributed by atoms with E-state index in [1.807, 2.05) is 0 Å². The molecule has 1 aliphatic rings. The van der Waals surface area contributed by atoms with E-state index in [2.05, 4.69) is 10.3 Å². The number of amidine groups is 1. The molecule has 1 unspecified atom stereocenters. The fourth-order valence-electron chi connectivity index (χ4n) is 2.40. The summed E-state index contributed by atoms with van der Waals surface area (Å²) in [6, 6.07) is 13.9. The minimum absolute atomic E-state index is 0.0505. The van der Waals surface area contributed by atoms with Crippen molar-refractivity contribution < 1.29 is 9.59 Å². The average Bonchev–Trinajstić information content (AvgIpc) is 2.83. The average molecular weight is 408 g/mol. The standard InChI is InChI=1S/C18H15Cl2N3O2S/c1-23-17(25)15(10-16(24)21-13-6-2-4-11(19)8-13)26-18(23)22-14-7-3-5-12(20)9-14/h2-9,15H,10H2,1H3,(H,21,24). The molecule has 134 valence electrons. The van der Waals surface area contributed by atoms with Gasteiger partial charge in [-0.2, -0.15) is 0 Å². The van der Waals surface area contributed by atoms with Crippen LogP contribution in [-0.4, -0.2) is 34.2 Å². The molecule has 5 nitrogen and oxygen atoms in total. The zero-order valence-electron chi connectivity index (χ0n) is 13.8. The zero-order chi connectivity index (χ0) is 18.7. The predicted molar refractivity (Wildman–Crippen MR) is 107 cm³/mol. The minimum Gasteiger partial charge on any atom is -0.326 e. The Hall–Kier alpha value is -2.02. The molecule has 2 aromatic rings. The number of carbonyl (C=O) groups is 2. The maximum absolute atomic E-state index is 12.4. The van der Waals surface area contributed by atoms with Crippen LogP contribution < -0.4 is 5.32 Å². The number of halogens is 2. The van der Waals surface area contributed by atoms with Crippen molar-refractivity contribution in [2.75, 3.05) is 12.4 Å². The normalized spacial score (nSPS) is 18.4. The van der Waals surface area contributed by atoms with Crippen molar-refractivity contribution in [2.45, 2.75) is 11.7 Å². The quantitative estimate of drug-likeness (QED) is 0.806. The third-order valence-corrected chi connectivity index (χ3v) is 5.35. The number of amides is 2. The summed E-state index contributed by atoms with van der Waals surface area (Å²) < 4.78 is 0. The molecule has 26 heavy (non-hydrogen) atoms. The summed E-state index contributed by atoms with van der Waals surface area (Å²) in [4.78, 5) is 30.6. The number of nitrogens with zero attached hydrogens (tertiary/aromatic N) is 2. The van der Waals surface area contributed by atoms with Crippen LogP contribution in [0.5, 0.6) is 0 Å². The van der Waals surface area contributed by atoms with E-state index in [0.717, 1.165) is 0 Å². The second-order valence-electron chi connectivity index (χ2n) is 5.64. The molecule has 0 aromatic heterocycles. The highest BCUT2D eigenvalue weighted by Crippen LogP contribution is 2.31. The Kier molecular flexibility index (Phi) is 5.86. The number of aliphatic imine (C=N–C) groups is 1. The lowest BCUT2D eigenvalue weighted by Crippen LogP contribution is -2.30. The first-order chi connectivity index (χ1) is 12.4. The Morgan fingerprint density at radius 1 is 1.19 bits per heavy atom. The van der Waals surface area contributed by atoms with Crippen LogP contribution in [0.3, 0.4) is 0 Å². The van der Waals surface area contributed by atoms with E-state index in [1.54, 1.807) is 55.6 Å². The molecule has 1 N–H and O–H groups in total. The van der Waals surface area contributed by atoms with Crippen molar-refractivity contribution in [1.29, 1.82) is 0 Å². The van der Waals surface area contributed by atoms with Crippen molar-refractivity contribution in [3.8, 4) is 0 Å². The van der Waals surface area contributed by atoms with E-state index in [1.165, 1.54) is 16.7 Å². The fourth-order valence-corrected chi connectivity index (χ4v) is 3.93. The topological polar surface area (TPSA) is 61.8 Å². The van der Waals surface area contributed by atoms with Gasteiger partial charge in [0.1, 0.15) is 5.25 Å². The summed E-state index contributed by atoms with van der Waals surface area (Å²) in [6.45, 7) is 0. The lowest BCUT2D eigenvalue weighted by Gasteiger charge is -2.09. The molecular weight excluding hydrogens is 393 g/mol. The van der Waals surface area contributed by atoms with Gasteiger partial charge in [0.2, 0.25) is 11.8 Å². The van der Waals surface area contributed by atoms with E-state index in [4.69, 9.17) is 23.2 Å². The van der Waals surface area contributed by atoms with E-state index in [9.17, 15) is 9.59 Å². The second kappa shape index (κ2) is 8.12. The van der Waals surface area contributed by atoms with E-state index in [-0.39, 0.29) is 18.2 Å². The lowest BCUT2D eigenvalue weighted by molar-refractivity contribution is -0.127. The molecule has 8 heteroatoms. The van der Waals surface area contributed by atoms with Crippen molar-refractivity contribution in [3.63, 3.8) is 0 Å². The molecule has 3 rings (SSSR count). The first-order valence-corrected chi connectivity index (χ1v) is 9.40. The minimum atomic E-state index is -0.517. The van der Waals surface area contributed by atoms with Gasteiger partial charge in [-0.05, 0) is 36.4 Å². The van der Waals surface area contributed by atoms with Crippen LogP contribution in [0, 0.1) is 0 Å². The highest BCUT2D eigenvalue weighted by atomic mass is 35.5. The molecule has 1 aliphatic heterocycles. The van der Waals surface area contributed by atoms with Crippen LogP contribution in [-0.2, 0) is 9.59 Å². The SMILES string of the molecule is CN1C(=O)C(CC(=O)Nc2cccc(Cl)c2)SC1=Nc1cccc(Cl)c1. The molecule has 0 spiro atoms. The van der Waals surface area contributed by atoms with Gasteiger partial charge in [0.25, 0.3) is 0 Å². The summed E-state index contributed by atoms with van der Waals surface area (Å²) in [6.07, 6.45) is 0.0505. The van der Waals surface area contributed by atoms with Gasteiger partial charge in [0.05, 0.1) is 5.69 Å². The third kappa shape index (κ3) is 4.58. The van der Waals surface area contributed by atoms with Crippen LogP contribution in [0.2, 0.25) is 10.0 Å². The van der Waals surface area contributed by atoms with Crippen molar-refractivity contribution in [2.24, 2.45) is 4.99 Å². The monoisotopic (exact) mass is 407 g/mol. The van der Waals surface area contributed by atoms with Gasteiger partial charge in [0, 0.05) is 29.2 Å². The summed E-state index contributed by atoms with van der Waals surface area (Å²) in [5.41, 5.74) is 1.25. The molecular formula is C18H15Cl2N3O2S. The fraction of sp³-hybridized carbons (Fsp3) is 0.167. The molecule has 2 amide bonds. The Morgan fingerprint density at radius 3 is 2.58 bits per heavy atom. The Morgan fingerprint density at radius 2 is 1.88 bits per heavy atom. The van der Waals surface area contributed by atoms with Crippen molar-refractivity contribution in [1.82, 2.24) is 4.90 Å².